The van der Waals surface area contributed by atoms with Crippen LogP contribution in [0.1, 0.15) is 33.1 Å². The summed E-state index contributed by atoms with van der Waals surface area (Å²) in [5.41, 5.74) is 0. The van der Waals surface area contributed by atoms with Gasteiger partial charge in [0, 0.05) is 37.5 Å². The molecule has 2 fully saturated rings. The van der Waals surface area contributed by atoms with Gasteiger partial charge in [0.05, 0.1) is 0 Å². The minimum atomic E-state index is 0.0311. The number of carbonyl (C=O) groups excluding carboxylic acids is 2. The first kappa shape index (κ1) is 13.5. The van der Waals surface area contributed by atoms with E-state index in [-0.39, 0.29) is 29.6 Å². The average molecular weight is 253 g/mol. The molecule has 5 heteroatoms. The van der Waals surface area contributed by atoms with E-state index in [0.717, 1.165) is 38.9 Å². The van der Waals surface area contributed by atoms with Crippen molar-refractivity contribution in [2.75, 3.05) is 19.6 Å². The van der Waals surface area contributed by atoms with Gasteiger partial charge in [-0.25, -0.2) is 5.01 Å². The van der Waals surface area contributed by atoms with Gasteiger partial charge in [-0.15, -0.1) is 0 Å². The molecule has 2 N–H and O–H groups in total. The van der Waals surface area contributed by atoms with Crippen LogP contribution in [0.15, 0.2) is 0 Å². The van der Waals surface area contributed by atoms with Crippen molar-refractivity contribution in [3.8, 4) is 0 Å². The number of hydrogen-bond acceptors (Lipinski definition) is 4. The molecule has 1 amide bonds. The third-order valence-corrected chi connectivity index (χ3v) is 4.44. The maximum atomic E-state index is 12.4. The van der Waals surface area contributed by atoms with Crippen LogP contribution in [0, 0.1) is 11.8 Å². The van der Waals surface area contributed by atoms with E-state index in [0.29, 0.717) is 0 Å². The van der Waals surface area contributed by atoms with E-state index in [9.17, 15) is 9.59 Å². The maximum Gasteiger partial charge on any atom is 0.226 e. The Morgan fingerprint density at radius 3 is 2.22 bits per heavy atom. The summed E-state index contributed by atoms with van der Waals surface area (Å²) in [5, 5.41) is 1.77. The predicted octanol–water partition coefficient (Wildman–Crippen LogP) is 0.398. The lowest BCUT2D eigenvalue weighted by atomic mass is 9.94. The second-order valence-corrected chi connectivity index (χ2v) is 5.59. The van der Waals surface area contributed by atoms with Crippen LogP contribution in [0.5, 0.6) is 0 Å². The van der Waals surface area contributed by atoms with Gasteiger partial charge < -0.3 is 4.90 Å². The largest absolute Gasteiger partial charge is 0.339 e. The molecular formula is C13H23N3O2. The first-order chi connectivity index (χ1) is 8.50. The fourth-order valence-corrected chi connectivity index (χ4v) is 3.17. The fraction of sp³-hybridized carbons (Fsp3) is 0.846. The second-order valence-electron chi connectivity index (χ2n) is 5.59. The zero-order valence-electron chi connectivity index (χ0n) is 11.3. The molecule has 0 aliphatic carbocycles. The quantitative estimate of drug-likeness (QED) is 0.723. The third kappa shape index (κ3) is 2.57. The van der Waals surface area contributed by atoms with Gasteiger partial charge in [-0.3, -0.25) is 15.4 Å². The highest BCUT2D eigenvalue weighted by Crippen LogP contribution is 2.28. The Hall–Kier alpha value is -0.940. The lowest BCUT2D eigenvalue weighted by Gasteiger charge is -2.32. The SMILES string of the molecule is CC(=O)C1CCN(C(=O)C2CCN(N)CC2)C1C. The molecule has 5 nitrogen and oxygen atoms in total. The van der Waals surface area contributed by atoms with Crippen LogP contribution in [0.4, 0.5) is 0 Å². The van der Waals surface area contributed by atoms with Crippen LogP contribution in [0.2, 0.25) is 0 Å². The Morgan fingerprint density at radius 1 is 1.11 bits per heavy atom. The van der Waals surface area contributed by atoms with Gasteiger partial charge in [0.15, 0.2) is 0 Å². The molecule has 0 aromatic rings. The van der Waals surface area contributed by atoms with Crippen LogP contribution in [0.3, 0.4) is 0 Å². The minimum absolute atomic E-state index is 0.0311. The summed E-state index contributed by atoms with van der Waals surface area (Å²) in [4.78, 5) is 25.8. The van der Waals surface area contributed by atoms with Crippen molar-refractivity contribution < 1.29 is 9.59 Å². The summed E-state index contributed by atoms with van der Waals surface area (Å²) in [5.74, 6) is 6.25. The van der Waals surface area contributed by atoms with Gasteiger partial charge in [0.1, 0.15) is 5.78 Å². The predicted molar refractivity (Wildman–Crippen MR) is 68.4 cm³/mol. The van der Waals surface area contributed by atoms with Crippen molar-refractivity contribution in [1.82, 2.24) is 9.91 Å². The molecule has 0 bridgehead atoms. The number of nitrogens with zero attached hydrogens (tertiary/aromatic N) is 2. The van der Waals surface area contributed by atoms with Crippen molar-refractivity contribution in [3.05, 3.63) is 0 Å². The molecule has 2 aliphatic rings. The van der Waals surface area contributed by atoms with E-state index < -0.39 is 0 Å². The molecule has 2 heterocycles. The molecule has 2 aliphatic heterocycles. The van der Waals surface area contributed by atoms with Gasteiger partial charge in [0.2, 0.25) is 5.91 Å². The van der Waals surface area contributed by atoms with E-state index in [2.05, 4.69) is 0 Å². The Bertz CT molecular complexity index is 337. The van der Waals surface area contributed by atoms with Gasteiger partial charge >= 0.3 is 0 Å². The van der Waals surface area contributed by atoms with Crippen molar-refractivity contribution in [2.24, 2.45) is 17.7 Å². The van der Waals surface area contributed by atoms with Gasteiger partial charge in [-0.1, -0.05) is 0 Å². The lowest BCUT2D eigenvalue weighted by molar-refractivity contribution is -0.138. The summed E-state index contributed by atoms with van der Waals surface area (Å²) in [7, 11) is 0. The smallest absolute Gasteiger partial charge is 0.226 e. The average Bonchev–Trinajstić information content (AvgIpc) is 2.71. The summed E-state index contributed by atoms with van der Waals surface area (Å²) < 4.78 is 0. The number of hydrazine groups is 1. The van der Waals surface area contributed by atoms with Crippen LogP contribution < -0.4 is 5.84 Å². The van der Waals surface area contributed by atoms with E-state index in [4.69, 9.17) is 5.84 Å². The van der Waals surface area contributed by atoms with Crippen molar-refractivity contribution in [1.29, 1.82) is 0 Å². The molecule has 0 spiro atoms. The highest BCUT2D eigenvalue weighted by atomic mass is 16.2. The molecule has 102 valence electrons. The number of ketones is 1. The van der Waals surface area contributed by atoms with Crippen LogP contribution in [0.25, 0.3) is 0 Å². The highest BCUT2D eigenvalue weighted by molar-refractivity contribution is 5.83. The Balaban J connectivity index is 1.96. The molecule has 0 radical (unpaired) electrons. The van der Waals surface area contributed by atoms with Crippen LogP contribution >= 0.6 is 0 Å². The van der Waals surface area contributed by atoms with Gasteiger partial charge in [-0.2, -0.15) is 0 Å². The zero-order chi connectivity index (χ0) is 13.3. The van der Waals surface area contributed by atoms with E-state index in [1.807, 2.05) is 11.8 Å². The topological polar surface area (TPSA) is 66.6 Å². The summed E-state index contributed by atoms with van der Waals surface area (Å²) in [6, 6.07) is 0.0610. The van der Waals surface area contributed by atoms with Crippen LogP contribution in [-0.2, 0) is 9.59 Å². The van der Waals surface area contributed by atoms with Crippen molar-refractivity contribution in [3.63, 3.8) is 0 Å². The maximum absolute atomic E-state index is 12.4. The molecule has 2 rings (SSSR count). The first-order valence-corrected chi connectivity index (χ1v) is 6.81. The molecule has 2 saturated heterocycles. The normalized spacial score (nSPS) is 30.7. The first-order valence-electron chi connectivity index (χ1n) is 6.81. The molecule has 2 atom stereocenters. The summed E-state index contributed by atoms with van der Waals surface area (Å²) >= 11 is 0. The summed E-state index contributed by atoms with van der Waals surface area (Å²) in [6.07, 6.45) is 2.49. The van der Waals surface area contributed by atoms with Gasteiger partial charge in [-0.05, 0) is 33.1 Å². The van der Waals surface area contributed by atoms with Crippen molar-refractivity contribution in [2.45, 2.75) is 39.2 Å². The highest BCUT2D eigenvalue weighted by Gasteiger charge is 2.39. The van der Waals surface area contributed by atoms with Crippen LogP contribution in [-0.4, -0.2) is 47.3 Å². The zero-order valence-corrected chi connectivity index (χ0v) is 11.3. The van der Waals surface area contributed by atoms with E-state index in [1.165, 1.54) is 0 Å². The Morgan fingerprint density at radius 2 is 1.72 bits per heavy atom. The third-order valence-electron chi connectivity index (χ3n) is 4.44. The molecule has 0 saturated carbocycles. The number of amides is 1. The minimum Gasteiger partial charge on any atom is -0.339 e. The van der Waals surface area contributed by atoms with Gasteiger partial charge in [0.25, 0.3) is 0 Å². The second kappa shape index (κ2) is 5.36. The number of piperidine rings is 1. The molecule has 18 heavy (non-hydrogen) atoms. The molecular weight excluding hydrogens is 230 g/mol. The van der Waals surface area contributed by atoms with E-state index in [1.54, 1.807) is 11.9 Å². The standard InChI is InChI=1S/C13H23N3O2/c1-9-12(10(2)17)5-8-16(9)13(18)11-3-6-15(14)7-4-11/h9,11-12H,3-8,14H2,1-2H3. The fourth-order valence-electron chi connectivity index (χ4n) is 3.17. The number of carbonyl (C=O) groups is 2. The molecule has 0 aromatic heterocycles. The molecule has 0 aromatic carbocycles. The Labute approximate surface area is 108 Å². The number of likely N-dealkylation sites (tertiary alicyclic amines) is 1. The van der Waals surface area contributed by atoms with Crippen molar-refractivity contribution >= 4 is 11.7 Å². The number of nitrogens with two attached hydrogens (primary N) is 1. The number of rotatable bonds is 2. The molecule has 2 unspecified atom stereocenters. The monoisotopic (exact) mass is 253 g/mol. The van der Waals surface area contributed by atoms with E-state index >= 15 is 0 Å². The Kier molecular flexibility index (Phi) is 4.02. The number of hydrogen-bond donors (Lipinski definition) is 1. The number of Topliss-reactive ketones (excluding diaryl/α,β-unsaturated/α-hetero) is 1. The lowest BCUT2D eigenvalue weighted by Crippen LogP contribution is -2.46. The summed E-state index contributed by atoms with van der Waals surface area (Å²) in [6.45, 7) is 5.92.